The number of anilines is 1. The van der Waals surface area contributed by atoms with Gasteiger partial charge in [0.1, 0.15) is 0 Å². The number of nitrogens with two attached hydrogens (primary N) is 1. The summed E-state index contributed by atoms with van der Waals surface area (Å²) in [6.07, 6.45) is 3.47. The summed E-state index contributed by atoms with van der Waals surface area (Å²) in [4.78, 5) is 1.47. The second-order valence-electron chi connectivity index (χ2n) is 4.54. The van der Waals surface area contributed by atoms with E-state index >= 15 is 0 Å². The summed E-state index contributed by atoms with van der Waals surface area (Å²) in [6.45, 7) is 0. The monoisotopic (exact) mass is 307 g/mol. The van der Waals surface area contributed by atoms with Gasteiger partial charge in [0, 0.05) is 4.88 Å². The highest BCUT2D eigenvalue weighted by atomic mass is 79.9. The molecule has 1 aromatic heterocycles. The second kappa shape index (κ2) is 4.46. The van der Waals surface area contributed by atoms with Gasteiger partial charge in [0.25, 0.3) is 0 Å². The first kappa shape index (κ1) is 11.3. The van der Waals surface area contributed by atoms with Crippen molar-refractivity contribution in [3.8, 4) is 0 Å². The van der Waals surface area contributed by atoms with Gasteiger partial charge < -0.3 is 5.73 Å². The SMILES string of the molecule is Nc1c(Br)sc2c1CCC(c1ccccc1)C2. The topological polar surface area (TPSA) is 26.0 Å². The zero-order valence-corrected chi connectivity index (χ0v) is 11.9. The standard InChI is InChI=1S/C14H14BrNS/c15-14-13(16)11-7-6-10(8-12(11)17-14)9-4-2-1-3-5-9/h1-5,10H,6-8,16H2. The van der Waals surface area contributed by atoms with Crippen LogP contribution < -0.4 is 5.73 Å². The minimum atomic E-state index is 0.661. The summed E-state index contributed by atoms with van der Waals surface area (Å²) in [7, 11) is 0. The molecule has 3 rings (SSSR count). The third-order valence-corrected chi connectivity index (χ3v) is 5.50. The van der Waals surface area contributed by atoms with Gasteiger partial charge in [0.15, 0.2) is 0 Å². The number of hydrogen-bond acceptors (Lipinski definition) is 2. The van der Waals surface area contributed by atoms with Crippen molar-refractivity contribution in [2.45, 2.75) is 25.2 Å². The fourth-order valence-corrected chi connectivity index (χ4v) is 4.48. The number of rotatable bonds is 1. The van der Waals surface area contributed by atoms with E-state index in [1.165, 1.54) is 22.4 Å². The zero-order chi connectivity index (χ0) is 11.8. The number of hydrogen-bond donors (Lipinski definition) is 1. The average molecular weight is 308 g/mol. The molecule has 1 unspecified atom stereocenters. The third kappa shape index (κ3) is 2.02. The molecule has 1 atom stereocenters. The number of halogens is 1. The Morgan fingerprint density at radius 3 is 2.76 bits per heavy atom. The first-order valence-electron chi connectivity index (χ1n) is 5.86. The molecule has 88 valence electrons. The van der Waals surface area contributed by atoms with Gasteiger partial charge in [-0.15, -0.1) is 11.3 Å². The Kier molecular flexibility index (Phi) is 2.97. The summed E-state index contributed by atoms with van der Waals surface area (Å²) < 4.78 is 1.11. The van der Waals surface area contributed by atoms with E-state index in [1.807, 2.05) is 0 Å². The molecule has 0 saturated carbocycles. The van der Waals surface area contributed by atoms with Crippen molar-refractivity contribution >= 4 is 33.0 Å². The van der Waals surface area contributed by atoms with Crippen LogP contribution in [-0.4, -0.2) is 0 Å². The Morgan fingerprint density at radius 1 is 1.24 bits per heavy atom. The van der Waals surface area contributed by atoms with Crippen LogP contribution in [-0.2, 0) is 12.8 Å². The van der Waals surface area contributed by atoms with Crippen molar-refractivity contribution in [1.82, 2.24) is 0 Å². The Labute approximate surface area is 114 Å². The van der Waals surface area contributed by atoms with Gasteiger partial charge in [-0.05, 0) is 52.2 Å². The van der Waals surface area contributed by atoms with Crippen molar-refractivity contribution in [3.63, 3.8) is 0 Å². The van der Waals surface area contributed by atoms with Gasteiger partial charge in [-0.25, -0.2) is 0 Å². The summed E-state index contributed by atoms with van der Waals surface area (Å²) in [5.41, 5.74) is 9.88. The molecule has 17 heavy (non-hydrogen) atoms. The van der Waals surface area contributed by atoms with E-state index in [-0.39, 0.29) is 0 Å². The minimum Gasteiger partial charge on any atom is -0.397 e. The largest absolute Gasteiger partial charge is 0.397 e. The van der Waals surface area contributed by atoms with Crippen LogP contribution in [0.15, 0.2) is 34.1 Å². The Bertz CT molecular complexity index is 533. The fourth-order valence-electron chi connectivity index (χ4n) is 2.59. The predicted molar refractivity (Wildman–Crippen MR) is 77.6 cm³/mol. The number of fused-ring (bicyclic) bond motifs is 1. The quantitative estimate of drug-likeness (QED) is 0.832. The Morgan fingerprint density at radius 2 is 2.00 bits per heavy atom. The first-order valence-corrected chi connectivity index (χ1v) is 7.47. The lowest BCUT2D eigenvalue weighted by Crippen LogP contribution is -2.11. The van der Waals surface area contributed by atoms with E-state index < -0.39 is 0 Å². The van der Waals surface area contributed by atoms with E-state index in [9.17, 15) is 0 Å². The lowest BCUT2D eigenvalue weighted by Gasteiger charge is -2.22. The molecule has 2 aromatic rings. The van der Waals surface area contributed by atoms with Gasteiger partial charge >= 0.3 is 0 Å². The van der Waals surface area contributed by atoms with Gasteiger partial charge in [-0.1, -0.05) is 30.3 Å². The maximum Gasteiger partial charge on any atom is 0.0933 e. The molecule has 2 N–H and O–H groups in total. The number of thiophene rings is 1. The average Bonchev–Trinajstić information content (AvgIpc) is 2.66. The molecule has 0 saturated heterocycles. The van der Waals surface area contributed by atoms with E-state index in [4.69, 9.17) is 5.73 Å². The van der Waals surface area contributed by atoms with Crippen molar-refractivity contribution in [1.29, 1.82) is 0 Å². The summed E-state index contributed by atoms with van der Waals surface area (Å²) in [6, 6.07) is 10.8. The van der Waals surface area contributed by atoms with E-state index in [0.717, 1.165) is 22.3 Å². The molecule has 1 heterocycles. The minimum absolute atomic E-state index is 0.661. The fraction of sp³-hybridized carbons (Fsp3) is 0.286. The molecule has 0 aliphatic heterocycles. The highest BCUT2D eigenvalue weighted by molar-refractivity contribution is 9.11. The van der Waals surface area contributed by atoms with Crippen LogP contribution in [0.1, 0.15) is 28.3 Å². The van der Waals surface area contributed by atoms with Crippen LogP contribution >= 0.6 is 27.3 Å². The second-order valence-corrected chi connectivity index (χ2v) is 6.96. The van der Waals surface area contributed by atoms with Crippen molar-refractivity contribution in [2.24, 2.45) is 0 Å². The molecule has 3 heteroatoms. The van der Waals surface area contributed by atoms with Gasteiger partial charge in [0.2, 0.25) is 0 Å². The number of benzene rings is 1. The summed E-state index contributed by atoms with van der Waals surface area (Å²) in [5.74, 6) is 0.661. The van der Waals surface area contributed by atoms with Crippen LogP contribution in [0.5, 0.6) is 0 Å². The summed E-state index contributed by atoms with van der Waals surface area (Å²) >= 11 is 5.35. The predicted octanol–water partition coefficient (Wildman–Crippen LogP) is 4.37. The van der Waals surface area contributed by atoms with Gasteiger partial charge in [-0.2, -0.15) is 0 Å². The van der Waals surface area contributed by atoms with Crippen LogP contribution in [0.2, 0.25) is 0 Å². The maximum atomic E-state index is 6.07. The molecule has 0 fully saturated rings. The van der Waals surface area contributed by atoms with Crippen LogP contribution in [0, 0.1) is 0 Å². The van der Waals surface area contributed by atoms with E-state index in [2.05, 4.69) is 46.3 Å². The molecular weight excluding hydrogens is 294 g/mol. The summed E-state index contributed by atoms with van der Waals surface area (Å²) in [5, 5.41) is 0. The van der Waals surface area contributed by atoms with Gasteiger partial charge in [-0.3, -0.25) is 0 Å². The maximum absolute atomic E-state index is 6.07. The zero-order valence-electron chi connectivity index (χ0n) is 9.45. The van der Waals surface area contributed by atoms with Crippen LogP contribution in [0.25, 0.3) is 0 Å². The molecule has 1 aliphatic carbocycles. The molecule has 0 amide bonds. The molecular formula is C14H14BrNS. The first-order chi connectivity index (χ1) is 8.25. The molecule has 1 nitrogen and oxygen atoms in total. The smallest absolute Gasteiger partial charge is 0.0933 e. The molecule has 0 bridgehead atoms. The third-order valence-electron chi connectivity index (χ3n) is 3.53. The lowest BCUT2D eigenvalue weighted by atomic mass is 9.84. The van der Waals surface area contributed by atoms with Crippen molar-refractivity contribution < 1.29 is 0 Å². The Balaban J connectivity index is 1.91. The van der Waals surface area contributed by atoms with Crippen LogP contribution in [0.4, 0.5) is 5.69 Å². The Hall–Kier alpha value is -0.800. The molecule has 1 aromatic carbocycles. The van der Waals surface area contributed by atoms with Crippen LogP contribution in [0.3, 0.4) is 0 Å². The normalized spacial score (nSPS) is 19.0. The van der Waals surface area contributed by atoms with E-state index in [1.54, 1.807) is 11.3 Å². The lowest BCUT2D eigenvalue weighted by molar-refractivity contribution is 0.594. The van der Waals surface area contributed by atoms with Crippen molar-refractivity contribution in [3.05, 3.63) is 50.1 Å². The highest BCUT2D eigenvalue weighted by Crippen LogP contribution is 2.43. The van der Waals surface area contributed by atoms with Crippen molar-refractivity contribution in [2.75, 3.05) is 5.73 Å². The number of nitrogen functional groups attached to an aromatic ring is 1. The highest BCUT2D eigenvalue weighted by Gasteiger charge is 2.24. The molecule has 0 radical (unpaired) electrons. The molecule has 1 aliphatic rings. The van der Waals surface area contributed by atoms with E-state index in [0.29, 0.717) is 5.92 Å². The van der Waals surface area contributed by atoms with Gasteiger partial charge in [0.05, 0.1) is 9.47 Å². The molecule has 0 spiro atoms.